The van der Waals surface area contributed by atoms with Crippen LogP contribution in [-0.4, -0.2) is 61.4 Å². The van der Waals surface area contributed by atoms with E-state index in [4.69, 9.17) is 13.9 Å². The molecule has 4 rings (SSSR count). The van der Waals surface area contributed by atoms with Crippen LogP contribution in [0.2, 0.25) is 0 Å². The molecule has 2 aromatic heterocycles. The molecule has 1 saturated heterocycles. The van der Waals surface area contributed by atoms with Gasteiger partial charge in [0.15, 0.2) is 5.58 Å². The van der Waals surface area contributed by atoms with Crippen molar-refractivity contribution in [1.29, 1.82) is 0 Å². The standard InChI is InChI=1S/C22H27N3O4/c1-17-15-19-21(29-17)16-20(22(26)23-7-8-24-9-12-27-13-10-24)25(19)11-14-28-18-5-3-2-4-6-18/h2-6,15-16H,7-14H2,1H3,(H,23,26). The summed E-state index contributed by atoms with van der Waals surface area (Å²) in [5.74, 6) is 1.55. The predicted molar refractivity (Wildman–Crippen MR) is 110 cm³/mol. The molecule has 1 aromatic carbocycles. The predicted octanol–water partition coefficient (Wildman–Crippen LogP) is 2.68. The zero-order valence-corrected chi connectivity index (χ0v) is 16.7. The number of aryl methyl sites for hydroxylation is 1. The largest absolute Gasteiger partial charge is 0.492 e. The molecule has 1 amide bonds. The van der Waals surface area contributed by atoms with E-state index >= 15 is 0 Å². The molecule has 1 aliphatic rings. The van der Waals surface area contributed by atoms with Gasteiger partial charge in [0.25, 0.3) is 5.91 Å². The van der Waals surface area contributed by atoms with Crippen molar-refractivity contribution >= 4 is 17.0 Å². The molecule has 3 aromatic rings. The van der Waals surface area contributed by atoms with Gasteiger partial charge in [-0.25, -0.2) is 0 Å². The minimum Gasteiger partial charge on any atom is -0.492 e. The molecule has 0 spiro atoms. The molecular weight excluding hydrogens is 370 g/mol. The second-order valence-electron chi connectivity index (χ2n) is 7.16. The number of benzene rings is 1. The van der Waals surface area contributed by atoms with Gasteiger partial charge in [-0.2, -0.15) is 0 Å². The number of rotatable bonds is 8. The Morgan fingerprint density at radius 3 is 2.72 bits per heavy atom. The number of nitrogens with one attached hydrogen (secondary N) is 1. The zero-order valence-electron chi connectivity index (χ0n) is 16.7. The average Bonchev–Trinajstić information content (AvgIpc) is 3.26. The molecule has 0 aliphatic carbocycles. The van der Waals surface area contributed by atoms with E-state index in [0.29, 0.717) is 25.4 Å². The van der Waals surface area contributed by atoms with Gasteiger partial charge < -0.3 is 23.8 Å². The maximum atomic E-state index is 12.8. The van der Waals surface area contributed by atoms with Gasteiger partial charge in [-0.15, -0.1) is 0 Å². The van der Waals surface area contributed by atoms with Crippen LogP contribution in [0.5, 0.6) is 5.75 Å². The maximum Gasteiger partial charge on any atom is 0.268 e. The van der Waals surface area contributed by atoms with E-state index in [-0.39, 0.29) is 5.91 Å². The highest BCUT2D eigenvalue weighted by molar-refractivity contribution is 5.97. The van der Waals surface area contributed by atoms with E-state index in [0.717, 1.165) is 55.5 Å². The summed E-state index contributed by atoms with van der Waals surface area (Å²) in [6.45, 7) is 7.70. The van der Waals surface area contributed by atoms with E-state index in [1.165, 1.54) is 0 Å². The highest BCUT2D eigenvalue weighted by Crippen LogP contribution is 2.24. The molecule has 0 atom stereocenters. The third-order valence-corrected chi connectivity index (χ3v) is 5.09. The molecule has 0 unspecified atom stereocenters. The summed E-state index contributed by atoms with van der Waals surface area (Å²) in [6, 6.07) is 13.5. The molecule has 7 nitrogen and oxygen atoms in total. The molecule has 154 valence electrons. The van der Waals surface area contributed by atoms with Crippen molar-refractivity contribution in [1.82, 2.24) is 14.8 Å². The van der Waals surface area contributed by atoms with Gasteiger partial charge in [0.2, 0.25) is 0 Å². The Morgan fingerprint density at radius 2 is 1.93 bits per heavy atom. The molecule has 1 aliphatic heterocycles. The first-order valence-electron chi connectivity index (χ1n) is 10.1. The van der Waals surface area contributed by atoms with Crippen LogP contribution in [0.3, 0.4) is 0 Å². The lowest BCUT2D eigenvalue weighted by atomic mass is 10.3. The highest BCUT2D eigenvalue weighted by Gasteiger charge is 2.19. The number of morpholine rings is 1. The summed E-state index contributed by atoms with van der Waals surface area (Å²) in [4.78, 5) is 15.1. The molecule has 1 N–H and O–H groups in total. The fourth-order valence-corrected chi connectivity index (χ4v) is 3.61. The second-order valence-corrected chi connectivity index (χ2v) is 7.16. The first kappa shape index (κ1) is 19.5. The van der Waals surface area contributed by atoms with Crippen molar-refractivity contribution in [3.05, 3.63) is 53.9 Å². The number of hydrogen-bond acceptors (Lipinski definition) is 5. The number of aromatic nitrogens is 1. The molecule has 3 heterocycles. The van der Waals surface area contributed by atoms with E-state index in [1.807, 2.05) is 54.0 Å². The van der Waals surface area contributed by atoms with Gasteiger partial charge in [0.05, 0.1) is 25.3 Å². The minimum absolute atomic E-state index is 0.0953. The van der Waals surface area contributed by atoms with Gasteiger partial charge >= 0.3 is 0 Å². The van der Waals surface area contributed by atoms with Crippen LogP contribution in [0.1, 0.15) is 16.2 Å². The number of amides is 1. The number of para-hydroxylation sites is 1. The Hall–Kier alpha value is -2.77. The Labute approximate surface area is 170 Å². The van der Waals surface area contributed by atoms with Gasteiger partial charge in [-0.3, -0.25) is 9.69 Å². The van der Waals surface area contributed by atoms with E-state index in [2.05, 4.69) is 10.2 Å². The second kappa shape index (κ2) is 9.15. The number of nitrogens with zero attached hydrogens (tertiary/aromatic N) is 2. The van der Waals surface area contributed by atoms with Crippen molar-refractivity contribution in [2.24, 2.45) is 0 Å². The molecule has 0 saturated carbocycles. The molecule has 7 heteroatoms. The smallest absolute Gasteiger partial charge is 0.268 e. The lowest BCUT2D eigenvalue weighted by Gasteiger charge is -2.26. The Bertz CT molecular complexity index is 942. The first-order chi connectivity index (χ1) is 14.2. The van der Waals surface area contributed by atoms with Crippen molar-refractivity contribution < 1.29 is 18.7 Å². The number of furan rings is 1. The molecule has 1 fully saturated rings. The van der Waals surface area contributed by atoms with E-state index in [1.54, 1.807) is 0 Å². The van der Waals surface area contributed by atoms with Gasteiger partial charge in [-0.05, 0) is 19.1 Å². The number of hydrogen-bond donors (Lipinski definition) is 1. The topological polar surface area (TPSA) is 68.9 Å². The lowest BCUT2D eigenvalue weighted by Crippen LogP contribution is -2.41. The van der Waals surface area contributed by atoms with Crippen LogP contribution in [0, 0.1) is 6.92 Å². The zero-order chi connectivity index (χ0) is 20.1. The number of carbonyl (C=O) groups excluding carboxylic acids is 1. The average molecular weight is 397 g/mol. The molecular formula is C22H27N3O4. The Kier molecular flexibility index (Phi) is 6.17. The highest BCUT2D eigenvalue weighted by atomic mass is 16.5. The minimum atomic E-state index is -0.0953. The quantitative estimate of drug-likeness (QED) is 0.633. The summed E-state index contributed by atoms with van der Waals surface area (Å²) in [6.07, 6.45) is 0. The number of ether oxygens (including phenoxy) is 2. The molecule has 29 heavy (non-hydrogen) atoms. The Balaban J connectivity index is 1.41. The lowest BCUT2D eigenvalue weighted by molar-refractivity contribution is 0.0383. The third kappa shape index (κ3) is 4.81. The van der Waals surface area contributed by atoms with Gasteiger partial charge in [0, 0.05) is 38.3 Å². The summed E-state index contributed by atoms with van der Waals surface area (Å²) in [5.41, 5.74) is 2.23. The summed E-state index contributed by atoms with van der Waals surface area (Å²) in [5, 5.41) is 3.04. The van der Waals surface area contributed by atoms with Crippen LogP contribution >= 0.6 is 0 Å². The number of fused-ring (bicyclic) bond motifs is 1. The third-order valence-electron chi connectivity index (χ3n) is 5.09. The first-order valence-corrected chi connectivity index (χ1v) is 10.1. The SMILES string of the molecule is Cc1cc2c(cc(C(=O)NCCN3CCOCC3)n2CCOc2ccccc2)o1. The Morgan fingerprint density at radius 1 is 1.14 bits per heavy atom. The van der Waals surface area contributed by atoms with E-state index in [9.17, 15) is 4.79 Å². The number of carbonyl (C=O) groups is 1. The van der Waals surface area contributed by atoms with Crippen molar-refractivity contribution in [3.8, 4) is 5.75 Å². The normalized spacial score (nSPS) is 14.9. The van der Waals surface area contributed by atoms with Crippen LogP contribution < -0.4 is 10.1 Å². The molecule has 0 bridgehead atoms. The van der Waals surface area contributed by atoms with Crippen molar-refractivity contribution in [2.75, 3.05) is 46.0 Å². The summed E-state index contributed by atoms with van der Waals surface area (Å²) in [7, 11) is 0. The monoisotopic (exact) mass is 397 g/mol. The summed E-state index contributed by atoms with van der Waals surface area (Å²) < 4.78 is 18.9. The van der Waals surface area contributed by atoms with Crippen LogP contribution in [-0.2, 0) is 11.3 Å². The fourth-order valence-electron chi connectivity index (χ4n) is 3.61. The summed E-state index contributed by atoms with van der Waals surface area (Å²) >= 11 is 0. The van der Waals surface area contributed by atoms with Gasteiger partial charge in [-0.1, -0.05) is 18.2 Å². The van der Waals surface area contributed by atoms with Crippen molar-refractivity contribution in [2.45, 2.75) is 13.5 Å². The van der Waals surface area contributed by atoms with Crippen molar-refractivity contribution in [3.63, 3.8) is 0 Å². The van der Waals surface area contributed by atoms with Crippen LogP contribution in [0.15, 0.2) is 46.9 Å². The van der Waals surface area contributed by atoms with E-state index < -0.39 is 0 Å². The fraction of sp³-hybridized carbons (Fsp3) is 0.409. The van der Waals surface area contributed by atoms with Gasteiger partial charge in [0.1, 0.15) is 23.8 Å². The maximum absolute atomic E-state index is 12.8. The van der Waals surface area contributed by atoms with Crippen LogP contribution in [0.25, 0.3) is 11.1 Å². The van der Waals surface area contributed by atoms with Crippen LogP contribution in [0.4, 0.5) is 0 Å². The molecule has 0 radical (unpaired) electrons.